The van der Waals surface area contributed by atoms with Gasteiger partial charge in [0.25, 0.3) is 0 Å². The molecule has 0 saturated carbocycles. The highest BCUT2D eigenvalue weighted by Crippen LogP contribution is 2.27. The van der Waals surface area contributed by atoms with E-state index >= 15 is 0 Å². The van der Waals surface area contributed by atoms with E-state index in [-0.39, 0.29) is 12.0 Å². The molecule has 2 unspecified atom stereocenters. The average molecular weight is 231 g/mol. The predicted octanol–water partition coefficient (Wildman–Crippen LogP) is 0.841. The van der Waals surface area contributed by atoms with E-state index in [2.05, 4.69) is 15.2 Å². The monoisotopic (exact) mass is 231 g/mol. The summed E-state index contributed by atoms with van der Waals surface area (Å²) in [5.74, 6) is 1.33. The molecule has 0 bridgehead atoms. The van der Waals surface area contributed by atoms with E-state index in [1.54, 1.807) is 10.9 Å². The molecule has 1 aliphatic carbocycles. The zero-order valence-corrected chi connectivity index (χ0v) is 9.45. The summed E-state index contributed by atoms with van der Waals surface area (Å²) in [7, 11) is 1.85. The van der Waals surface area contributed by atoms with Crippen molar-refractivity contribution in [3.63, 3.8) is 0 Å². The first-order chi connectivity index (χ1) is 8.22. The Morgan fingerprint density at radius 1 is 1.47 bits per heavy atom. The van der Waals surface area contributed by atoms with Gasteiger partial charge >= 0.3 is 0 Å². The van der Waals surface area contributed by atoms with Crippen molar-refractivity contribution in [2.75, 3.05) is 0 Å². The van der Waals surface area contributed by atoms with E-state index in [1.807, 2.05) is 25.4 Å². The van der Waals surface area contributed by atoms with Gasteiger partial charge in [-0.1, -0.05) is 17.3 Å². The number of nitrogens with two attached hydrogens (primary N) is 1. The van der Waals surface area contributed by atoms with E-state index < -0.39 is 0 Å². The van der Waals surface area contributed by atoms with Crippen molar-refractivity contribution in [1.29, 1.82) is 0 Å². The quantitative estimate of drug-likeness (QED) is 0.774. The number of aryl methyl sites for hydroxylation is 1. The molecule has 88 valence electrons. The van der Waals surface area contributed by atoms with E-state index in [0.29, 0.717) is 11.7 Å². The highest BCUT2D eigenvalue weighted by Gasteiger charge is 2.23. The normalized spacial score (nSPS) is 23.4. The van der Waals surface area contributed by atoms with Crippen molar-refractivity contribution in [1.82, 2.24) is 19.9 Å². The van der Waals surface area contributed by atoms with Crippen LogP contribution in [0, 0.1) is 0 Å². The molecule has 2 heterocycles. The molecule has 0 amide bonds. The van der Waals surface area contributed by atoms with Gasteiger partial charge < -0.3 is 10.3 Å². The molecule has 2 N–H and O–H groups in total. The Labute approximate surface area is 98.1 Å². The summed E-state index contributed by atoms with van der Waals surface area (Å²) >= 11 is 0. The van der Waals surface area contributed by atoms with Crippen LogP contribution in [0.3, 0.4) is 0 Å². The number of allylic oxidation sites excluding steroid dienone is 1. The first-order valence-corrected chi connectivity index (χ1v) is 5.49. The lowest BCUT2D eigenvalue weighted by Crippen LogP contribution is -2.14. The smallest absolute Gasteiger partial charge is 0.233 e. The van der Waals surface area contributed by atoms with E-state index in [1.165, 1.54) is 0 Å². The fourth-order valence-electron chi connectivity index (χ4n) is 1.95. The molecule has 6 heteroatoms. The van der Waals surface area contributed by atoms with Crippen LogP contribution >= 0.6 is 0 Å². The maximum Gasteiger partial charge on any atom is 0.233 e. The molecule has 0 fully saturated rings. The van der Waals surface area contributed by atoms with Crippen LogP contribution in [0.15, 0.2) is 29.1 Å². The van der Waals surface area contributed by atoms with Gasteiger partial charge in [-0.25, -0.2) is 0 Å². The third kappa shape index (κ3) is 1.87. The molecule has 2 aromatic rings. The van der Waals surface area contributed by atoms with Gasteiger partial charge in [-0.2, -0.15) is 10.1 Å². The van der Waals surface area contributed by atoms with Crippen LogP contribution in [0.2, 0.25) is 0 Å². The molecule has 0 spiro atoms. The van der Waals surface area contributed by atoms with Crippen LogP contribution < -0.4 is 5.73 Å². The molecule has 3 rings (SSSR count). The highest BCUT2D eigenvalue weighted by atomic mass is 16.5. The first kappa shape index (κ1) is 10.2. The minimum Gasteiger partial charge on any atom is -0.338 e. The van der Waals surface area contributed by atoms with Crippen LogP contribution in [0.5, 0.6) is 0 Å². The summed E-state index contributed by atoms with van der Waals surface area (Å²) in [6.07, 6.45) is 8.38. The summed E-state index contributed by atoms with van der Waals surface area (Å²) < 4.78 is 6.96. The van der Waals surface area contributed by atoms with Gasteiger partial charge in [-0.15, -0.1) is 0 Å². The second kappa shape index (κ2) is 3.81. The summed E-state index contributed by atoms with van der Waals surface area (Å²) in [4.78, 5) is 4.37. The first-order valence-electron chi connectivity index (χ1n) is 5.49. The van der Waals surface area contributed by atoms with Gasteiger partial charge in [0.05, 0.1) is 17.7 Å². The van der Waals surface area contributed by atoms with Gasteiger partial charge in [0, 0.05) is 19.3 Å². The zero-order valence-electron chi connectivity index (χ0n) is 9.45. The molecule has 6 nitrogen and oxygen atoms in total. The Morgan fingerprint density at radius 2 is 2.35 bits per heavy atom. The fourth-order valence-corrected chi connectivity index (χ4v) is 1.95. The molecule has 0 saturated heterocycles. The topological polar surface area (TPSA) is 82.8 Å². The van der Waals surface area contributed by atoms with Crippen molar-refractivity contribution < 1.29 is 4.52 Å². The Balaban J connectivity index is 1.86. The summed E-state index contributed by atoms with van der Waals surface area (Å²) in [5, 5.41) is 8.03. The molecule has 17 heavy (non-hydrogen) atoms. The van der Waals surface area contributed by atoms with Crippen LogP contribution in [0.4, 0.5) is 0 Å². The molecule has 0 radical (unpaired) electrons. The lowest BCUT2D eigenvalue weighted by molar-refractivity contribution is 0.365. The van der Waals surface area contributed by atoms with Gasteiger partial charge in [-0.05, 0) is 6.42 Å². The Morgan fingerprint density at radius 3 is 3.00 bits per heavy atom. The largest absolute Gasteiger partial charge is 0.338 e. The Kier molecular flexibility index (Phi) is 2.29. The molecule has 0 aliphatic heterocycles. The third-order valence-corrected chi connectivity index (χ3v) is 2.84. The summed E-state index contributed by atoms with van der Waals surface area (Å²) in [6, 6.07) is 0.0914. The number of hydrogen-bond donors (Lipinski definition) is 1. The second-order valence-corrected chi connectivity index (χ2v) is 4.25. The molecular weight excluding hydrogens is 218 g/mol. The molecular formula is C11H13N5O. The third-order valence-electron chi connectivity index (χ3n) is 2.84. The van der Waals surface area contributed by atoms with E-state index in [0.717, 1.165) is 12.0 Å². The van der Waals surface area contributed by atoms with Gasteiger partial charge in [0.15, 0.2) is 0 Å². The van der Waals surface area contributed by atoms with Crippen molar-refractivity contribution >= 4 is 0 Å². The lowest BCUT2D eigenvalue weighted by Gasteiger charge is -2.01. The van der Waals surface area contributed by atoms with Crippen molar-refractivity contribution in [3.8, 4) is 11.4 Å². The molecule has 2 aromatic heterocycles. The maximum absolute atomic E-state index is 5.79. The lowest BCUT2D eigenvalue weighted by atomic mass is 10.1. The van der Waals surface area contributed by atoms with Crippen LogP contribution in [0.25, 0.3) is 11.4 Å². The highest BCUT2D eigenvalue weighted by molar-refractivity contribution is 5.51. The average Bonchev–Trinajstić information content (AvgIpc) is 2.96. The molecule has 0 aromatic carbocycles. The SMILES string of the molecule is Cn1cc(-c2noc(C3C=CC(N)C3)n2)cn1. The Bertz CT molecular complexity index is 556. The second-order valence-electron chi connectivity index (χ2n) is 4.25. The number of hydrogen-bond acceptors (Lipinski definition) is 5. The minimum atomic E-state index is 0.0914. The van der Waals surface area contributed by atoms with Crippen LogP contribution in [-0.4, -0.2) is 26.0 Å². The van der Waals surface area contributed by atoms with Crippen LogP contribution in [-0.2, 0) is 7.05 Å². The van der Waals surface area contributed by atoms with Crippen molar-refractivity contribution in [3.05, 3.63) is 30.4 Å². The number of aromatic nitrogens is 4. The maximum atomic E-state index is 5.79. The molecule has 1 aliphatic rings. The van der Waals surface area contributed by atoms with E-state index in [9.17, 15) is 0 Å². The van der Waals surface area contributed by atoms with Crippen molar-refractivity contribution in [2.24, 2.45) is 12.8 Å². The van der Waals surface area contributed by atoms with Gasteiger partial charge in [-0.3, -0.25) is 4.68 Å². The molecule has 2 atom stereocenters. The van der Waals surface area contributed by atoms with E-state index in [4.69, 9.17) is 10.3 Å². The number of rotatable bonds is 2. The summed E-state index contributed by atoms with van der Waals surface area (Å²) in [6.45, 7) is 0. The standard InChI is InChI=1S/C11H13N5O/c1-16-6-8(5-13-16)10-14-11(17-15-10)7-2-3-9(12)4-7/h2-3,5-7,9H,4,12H2,1H3. The Hall–Kier alpha value is -1.95. The van der Waals surface area contributed by atoms with Crippen LogP contribution in [0.1, 0.15) is 18.2 Å². The number of nitrogens with zero attached hydrogens (tertiary/aromatic N) is 4. The summed E-state index contributed by atoms with van der Waals surface area (Å²) in [5.41, 5.74) is 6.65. The zero-order chi connectivity index (χ0) is 11.8. The van der Waals surface area contributed by atoms with Gasteiger partial charge in [0.1, 0.15) is 0 Å². The van der Waals surface area contributed by atoms with Gasteiger partial charge in [0.2, 0.25) is 11.7 Å². The minimum absolute atomic E-state index is 0.0914. The van der Waals surface area contributed by atoms with Crippen molar-refractivity contribution in [2.45, 2.75) is 18.4 Å². The predicted molar refractivity (Wildman–Crippen MR) is 61.0 cm³/mol. The fraction of sp³-hybridized carbons (Fsp3) is 0.364.